The van der Waals surface area contributed by atoms with Crippen molar-refractivity contribution in [1.29, 1.82) is 0 Å². The van der Waals surface area contributed by atoms with E-state index in [1.54, 1.807) is 18.2 Å². The van der Waals surface area contributed by atoms with Crippen LogP contribution in [-0.4, -0.2) is 37.1 Å². The third-order valence-electron chi connectivity index (χ3n) is 4.80. The molecule has 2 N–H and O–H groups in total. The van der Waals surface area contributed by atoms with Gasteiger partial charge in [-0.3, -0.25) is 9.59 Å². The number of nitrogens with one attached hydrogen (secondary N) is 2. The van der Waals surface area contributed by atoms with Crippen molar-refractivity contribution in [2.75, 3.05) is 13.2 Å². The molecule has 0 heterocycles. The normalized spacial score (nSPS) is 13.9. The number of carbonyl (C=O) groups is 2. The van der Waals surface area contributed by atoms with Crippen LogP contribution in [0.3, 0.4) is 0 Å². The number of carbonyl (C=O) groups excluding carboxylic acids is 2. The number of rotatable bonds is 11. The van der Waals surface area contributed by atoms with E-state index in [1.807, 2.05) is 44.2 Å². The SMILES string of the molecule is CCCOc1ccc(C(=O)NC(Cc2ccccc2)C(=O)NC2CC2)cc1OCC. The van der Waals surface area contributed by atoms with Gasteiger partial charge in [0.15, 0.2) is 11.5 Å². The topological polar surface area (TPSA) is 76.7 Å². The van der Waals surface area contributed by atoms with Gasteiger partial charge < -0.3 is 20.1 Å². The Morgan fingerprint density at radius 1 is 1.03 bits per heavy atom. The minimum absolute atomic E-state index is 0.150. The molecule has 160 valence electrons. The summed E-state index contributed by atoms with van der Waals surface area (Å²) in [5.41, 5.74) is 1.42. The summed E-state index contributed by atoms with van der Waals surface area (Å²) in [6.07, 6.45) is 3.30. The van der Waals surface area contributed by atoms with Gasteiger partial charge in [-0.15, -0.1) is 0 Å². The van der Waals surface area contributed by atoms with E-state index < -0.39 is 6.04 Å². The summed E-state index contributed by atoms with van der Waals surface area (Å²) >= 11 is 0. The number of hydrogen-bond donors (Lipinski definition) is 2. The number of ether oxygens (including phenoxy) is 2. The van der Waals surface area contributed by atoms with Gasteiger partial charge in [0.05, 0.1) is 13.2 Å². The van der Waals surface area contributed by atoms with Crippen molar-refractivity contribution < 1.29 is 19.1 Å². The molecule has 1 saturated carbocycles. The van der Waals surface area contributed by atoms with Gasteiger partial charge in [0.25, 0.3) is 5.91 Å². The van der Waals surface area contributed by atoms with Crippen molar-refractivity contribution in [3.63, 3.8) is 0 Å². The summed E-state index contributed by atoms with van der Waals surface area (Å²) in [5, 5.41) is 5.90. The molecule has 0 aliphatic heterocycles. The molecule has 3 rings (SSSR count). The molecule has 6 heteroatoms. The van der Waals surface area contributed by atoms with Gasteiger partial charge in [-0.1, -0.05) is 37.3 Å². The van der Waals surface area contributed by atoms with Crippen molar-refractivity contribution in [2.45, 2.75) is 51.6 Å². The predicted octanol–water partition coefficient (Wildman–Crippen LogP) is 3.49. The highest BCUT2D eigenvalue weighted by Crippen LogP contribution is 2.29. The summed E-state index contributed by atoms with van der Waals surface area (Å²) in [6, 6.07) is 14.4. The first-order valence-electron chi connectivity index (χ1n) is 10.7. The molecule has 1 fully saturated rings. The van der Waals surface area contributed by atoms with E-state index in [2.05, 4.69) is 10.6 Å². The summed E-state index contributed by atoms with van der Waals surface area (Å²) in [7, 11) is 0. The molecule has 1 atom stereocenters. The first-order chi connectivity index (χ1) is 14.6. The van der Waals surface area contributed by atoms with E-state index in [0.29, 0.717) is 36.7 Å². The van der Waals surface area contributed by atoms with Crippen LogP contribution in [0.2, 0.25) is 0 Å². The highest BCUT2D eigenvalue weighted by atomic mass is 16.5. The largest absolute Gasteiger partial charge is 0.490 e. The van der Waals surface area contributed by atoms with Gasteiger partial charge >= 0.3 is 0 Å². The zero-order valence-electron chi connectivity index (χ0n) is 17.6. The van der Waals surface area contributed by atoms with Crippen molar-refractivity contribution in [2.24, 2.45) is 0 Å². The minimum atomic E-state index is -0.646. The second-order valence-corrected chi connectivity index (χ2v) is 7.44. The Hall–Kier alpha value is -3.02. The van der Waals surface area contributed by atoms with Crippen LogP contribution in [-0.2, 0) is 11.2 Å². The molecule has 0 spiro atoms. The standard InChI is InChI=1S/C24H30N2O4/c1-3-14-30-21-13-10-18(16-22(21)29-4-2)23(27)26-20(24(28)25-19-11-12-19)15-17-8-6-5-7-9-17/h5-10,13,16,19-20H,3-4,11-12,14-15H2,1-2H3,(H,25,28)(H,26,27). The first kappa shape index (κ1) is 21.7. The lowest BCUT2D eigenvalue weighted by molar-refractivity contribution is -0.123. The van der Waals surface area contributed by atoms with Crippen LogP contribution in [0.5, 0.6) is 11.5 Å². The van der Waals surface area contributed by atoms with E-state index in [9.17, 15) is 9.59 Å². The molecule has 6 nitrogen and oxygen atoms in total. The smallest absolute Gasteiger partial charge is 0.252 e. The highest BCUT2D eigenvalue weighted by Gasteiger charge is 2.29. The van der Waals surface area contributed by atoms with Crippen LogP contribution in [0.4, 0.5) is 0 Å². The molecule has 0 radical (unpaired) electrons. The van der Waals surface area contributed by atoms with E-state index in [4.69, 9.17) is 9.47 Å². The molecule has 0 saturated heterocycles. The lowest BCUT2D eigenvalue weighted by Crippen LogP contribution is -2.48. The Bertz CT molecular complexity index is 850. The predicted molar refractivity (Wildman–Crippen MR) is 116 cm³/mol. The van der Waals surface area contributed by atoms with Gasteiger partial charge in [0.2, 0.25) is 5.91 Å². The van der Waals surface area contributed by atoms with E-state index >= 15 is 0 Å². The Balaban J connectivity index is 1.74. The molecule has 2 aromatic carbocycles. The average molecular weight is 411 g/mol. The van der Waals surface area contributed by atoms with Crippen LogP contribution in [0.15, 0.2) is 48.5 Å². The fraction of sp³-hybridized carbons (Fsp3) is 0.417. The summed E-state index contributed by atoms with van der Waals surface area (Å²) in [4.78, 5) is 25.7. The number of hydrogen-bond acceptors (Lipinski definition) is 4. The lowest BCUT2D eigenvalue weighted by Gasteiger charge is -2.19. The maximum Gasteiger partial charge on any atom is 0.252 e. The zero-order valence-corrected chi connectivity index (χ0v) is 17.6. The van der Waals surface area contributed by atoms with Gasteiger partial charge in [0, 0.05) is 18.0 Å². The van der Waals surface area contributed by atoms with Crippen LogP contribution in [0, 0.1) is 0 Å². The number of benzene rings is 2. The third kappa shape index (κ3) is 6.24. The second kappa shape index (κ2) is 10.7. The quantitative estimate of drug-likeness (QED) is 0.595. The molecule has 0 bridgehead atoms. The first-order valence-corrected chi connectivity index (χ1v) is 10.7. The van der Waals surface area contributed by atoms with E-state index in [0.717, 1.165) is 24.8 Å². The van der Waals surface area contributed by atoms with Crippen LogP contribution >= 0.6 is 0 Å². The van der Waals surface area contributed by atoms with Crippen LogP contribution < -0.4 is 20.1 Å². The summed E-state index contributed by atoms with van der Waals surface area (Å²) in [6.45, 7) is 4.95. The highest BCUT2D eigenvalue weighted by molar-refractivity contribution is 5.98. The Kier molecular flexibility index (Phi) is 7.71. The maximum absolute atomic E-state index is 12.9. The third-order valence-corrected chi connectivity index (χ3v) is 4.80. The molecule has 2 aromatic rings. The lowest BCUT2D eigenvalue weighted by atomic mass is 10.0. The van der Waals surface area contributed by atoms with Crippen LogP contribution in [0.1, 0.15) is 49.0 Å². The summed E-state index contributed by atoms with van der Waals surface area (Å²) < 4.78 is 11.4. The van der Waals surface area contributed by atoms with Crippen molar-refractivity contribution >= 4 is 11.8 Å². The van der Waals surface area contributed by atoms with E-state index in [1.165, 1.54) is 0 Å². The monoisotopic (exact) mass is 410 g/mol. The average Bonchev–Trinajstić information content (AvgIpc) is 3.57. The van der Waals surface area contributed by atoms with Gasteiger partial charge in [-0.25, -0.2) is 0 Å². The molecule has 30 heavy (non-hydrogen) atoms. The van der Waals surface area contributed by atoms with Gasteiger partial charge in [-0.2, -0.15) is 0 Å². The van der Waals surface area contributed by atoms with E-state index in [-0.39, 0.29) is 17.9 Å². The van der Waals surface area contributed by atoms with Crippen molar-refractivity contribution in [3.8, 4) is 11.5 Å². The molecule has 2 amide bonds. The Morgan fingerprint density at radius 2 is 1.80 bits per heavy atom. The van der Waals surface area contributed by atoms with Gasteiger partial charge in [0.1, 0.15) is 6.04 Å². The molecule has 0 aromatic heterocycles. The maximum atomic E-state index is 12.9. The molecule has 1 unspecified atom stereocenters. The Morgan fingerprint density at radius 3 is 2.47 bits per heavy atom. The second-order valence-electron chi connectivity index (χ2n) is 7.44. The molecular formula is C24H30N2O4. The Labute approximate surface area is 178 Å². The summed E-state index contributed by atoms with van der Waals surface area (Å²) in [5.74, 6) is 0.677. The van der Waals surface area contributed by atoms with Crippen molar-refractivity contribution in [3.05, 3.63) is 59.7 Å². The molecule has 1 aliphatic carbocycles. The van der Waals surface area contributed by atoms with Gasteiger partial charge in [-0.05, 0) is 49.9 Å². The fourth-order valence-electron chi connectivity index (χ4n) is 3.08. The molecule has 1 aliphatic rings. The van der Waals surface area contributed by atoms with Crippen molar-refractivity contribution in [1.82, 2.24) is 10.6 Å². The zero-order chi connectivity index (χ0) is 21.3. The number of amides is 2. The molecular weight excluding hydrogens is 380 g/mol. The fourth-order valence-corrected chi connectivity index (χ4v) is 3.08. The minimum Gasteiger partial charge on any atom is -0.490 e. The van der Waals surface area contributed by atoms with Crippen LogP contribution in [0.25, 0.3) is 0 Å².